The van der Waals surface area contributed by atoms with Crippen molar-refractivity contribution >= 4 is 47.4 Å². The van der Waals surface area contributed by atoms with Gasteiger partial charge in [-0.3, -0.25) is 14.4 Å². The number of benzene rings is 1. The Morgan fingerprint density at radius 1 is 1.22 bits per heavy atom. The van der Waals surface area contributed by atoms with E-state index in [1.54, 1.807) is 4.90 Å². The lowest BCUT2D eigenvalue weighted by molar-refractivity contribution is -0.117. The van der Waals surface area contributed by atoms with E-state index in [0.717, 1.165) is 42.0 Å². The molecule has 3 heterocycles. The summed E-state index contributed by atoms with van der Waals surface area (Å²) < 4.78 is 1.08. The summed E-state index contributed by atoms with van der Waals surface area (Å²) in [6.45, 7) is 8.32. The van der Waals surface area contributed by atoms with Crippen molar-refractivity contribution in [2.75, 3.05) is 24.5 Å². The number of hydrogen-bond donors (Lipinski definition) is 1. The van der Waals surface area contributed by atoms with E-state index < -0.39 is 0 Å². The molecule has 0 aliphatic carbocycles. The van der Waals surface area contributed by atoms with E-state index in [2.05, 4.69) is 19.2 Å². The Kier molecular flexibility index (Phi) is 6.16. The molecule has 1 aromatic carbocycles. The molecule has 0 bridgehead atoms. The maximum absolute atomic E-state index is 13.1. The summed E-state index contributed by atoms with van der Waals surface area (Å²) in [6, 6.07) is 9.10. The number of amides is 3. The summed E-state index contributed by atoms with van der Waals surface area (Å²) in [4.78, 5) is 42.5. The van der Waals surface area contributed by atoms with Crippen molar-refractivity contribution in [2.45, 2.75) is 46.1 Å². The minimum atomic E-state index is -0.227. The average molecular weight is 451 g/mol. The number of thiophene rings is 1. The van der Waals surface area contributed by atoms with E-state index in [0.29, 0.717) is 17.0 Å². The Morgan fingerprint density at radius 3 is 2.66 bits per heavy atom. The van der Waals surface area contributed by atoms with E-state index in [-0.39, 0.29) is 35.6 Å². The number of anilines is 1. The van der Waals surface area contributed by atoms with Crippen molar-refractivity contribution in [3.05, 3.63) is 46.3 Å². The van der Waals surface area contributed by atoms with Gasteiger partial charge in [-0.2, -0.15) is 0 Å². The number of likely N-dealkylation sites (tertiary alicyclic amines) is 1. The van der Waals surface area contributed by atoms with Gasteiger partial charge in [-0.05, 0) is 59.8 Å². The van der Waals surface area contributed by atoms with Crippen LogP contribution in [-0.4, -0.2) is 56.1 Å². The second-order valence-corrected chi connectivity index (χ2v) is 11.1. The number of rotatable bonds is 4. The number of carbonyl (C=O) groups excluding carboxylic acids is 3. The van der Waals surface area contributed by atoms with Crippen LogP contribution in [0.15, 0.2) is 30.3 Å². The van der Waals surface area contributed by atoms with Crippen molar-refractivity contribution in [3.8, 4) is 0 Å². The second-order valence-electron chi connectivity index (χ2n) is 9.78. The first-order valence-electron chi connectivity index (χ1n) is 11.2. The number of nitrogens with one attached hydrogen (secondary N) is 1. The fourth-order valence-electron chi connectivity index (χ4n) is 4.69. The van der Waals surface area contributed by atoms with Crippen LogP contribution < -0.4 is 15.0 Å². The van der Waals surface area contributed by atoms with E-state index in [4.69, 9.17) is 0 Å². The quantitative estimate of drug-likeness (QED) is 0.725. The predicted molar refractivity (Wildman–Crippen MR) is 131 cm³/mol. The summed E-state index contributed by atoms with van der Waals surface area (Å²) in [7, 11) is 1.96. The average Bonchev–Trinajstić information content (AvgIpc) is 3.32. The molecule has 2 aliphatic rings. The monoisotopic (exact) mass is 451 g/mol. The van der Waals surface area contributed by atoms with Gasteiger partial charge in [-0.15, -0.1) is 11.3 Å². The number of nitrogens with zero attached hydrogens (tertiary/aromatic N) is 2. The Morgan fingerprint density at radius 2 is 2.00 bits per heavy atom. The highest BCUT2D eigenvalue weighted by molar-refractivity contribution is 7.21. The van der Waals surface area contributed by atoms with Crippen LogP contribution in [0.3, 0.4) is 0 Å². The first-order valence-corrected chi connectivity index (χ1v) is 12.0. The molecule has 2 aromatic rings. The minimum Gasteiger partial charge on any atom is -0.346 e. The molecular weight excluding hydrogens is 421 g/mol. The topological polar surface area (TPSA) is 69.7 Å². The SMILES string of the molecule is Bc1ccc(C(=O)NC2CC(=O)N(c3ccc(C(=O)N4CCCC(C)(C)C4)c(C)c3)C2)s1. The molecule has 32 heavy (non-hydrogen) atoms. The zero-order valence-electron chi connectivity index (χ0n) is 19.2. The van der Waals surface area contributed by atoms with Gasteiger partial charge in [0.25, 0.3) is 11.8 Å². The molecule has 1 N–H and O–H groups in total. The van der Waals surface area contributed by atoms with Gasteiger partial charge in [0.2, 0.25) is 5.91 Å². The van der Waals surface area contributed by atoms with Crippen LogP contribution in [0, 0.1) is 12.3 Å². The molecule has 2 saturated heterocycles. The highest BCUT2D eigenvalue weighted by Gasteiger charge is 2.33. The third kappa shape index (κ3) is 4.75. The fourth-order valence-corrected chi connectivity index (χ4v) is 5.46. The Labute approximate surface area is 194 Å². The summed E-state index contributed by atoms with van der Waals surface area (Å²) in [5.74, 6) is -0.0933. The molecule has 0 spiro atoms. The smallest absolute Gasteiger partial charge is 0.261 e. The molecule has 2 fully saturated rings. The van der Waals surface area contributed by atoms with Crippen molar-refractivity contribution in [2.24, 2.45) is 5.41 Å². The standard InChI is InChI=1S/C24H30BN3O3S/c1-15-11-17(5-6-18(15)23(31)27-10-4-9-24(2,3)14-27)28-13-16(12-21(28)29)26-22(30)19-7-8-20(25)32-19/h5-8,11,16H,4,9-10,12-14,25H2,1-3H3,(H,26,30). The minimum absolute atomic E-state index is 0.0195. The Bertz CT molecular complexity index is 1060. The predicted octanol–water partition coefficient (Wildman–Crippen LogP) is 2.11. The largest absolute Gasteiger partial charge is 0.346 e. The first-order chi connectivity index (χ1) is 15.1. The lowest BCUT2D eigenvalue weighted by atomic mass is 9.84. The zero-order valence-corrected chi connectivity index (χ0v) is 20.1. The van der Waals surface area contributed by atoms with Crippen molar-refractivity contribution in [1.29, 1.82) is 0 Å². The maximum Gasteiger partial charge on any atom is 0.261 e. The van der Waals surface area contributed by atoms with Gasteiger partial charge < -0.3 is 15.1 Å². The molecule has 1 aromatic heterocycles. The molecule has 168 valence electrons. The van der Waals surface area contributed by atoms with E-state index in [1.807, 2.05) is 50.0 Å². The lowest BCUT2D eigenvalue weighted by Crippen LogP contribution is -2.43. The maximum atomic E-state index is 13.1. The number of piperidine rings is 1. The third-order valence-corrected chi connectivity index (χ3v) is 7.36. The summed E-state index contributed by atoms with van der Waals surface area (Å²) >= 11 is 1.45. The van der Waals surface area contributed by atoms with Crippen LogP contribution in [0.2, 0.25) is 0 Å². The number of hydrogen-bond acceptors (Lipinski definition) is 4. The molecule has 0 radical (unpaired) electrons. The van der Waals surface area contributed by atoms with Crippen molar-refractivity contribution < 1.29 is 14.4 Å². The van der Waals surface area contributed by atoms with Gasteiger partial charge >= 0.3 is 0 Å². The van der Waals surface area contributed by atoms with Gasteiger partial charge in [-0.25, -0.2) is 0 Å². The van der Waals surface area contributed by atoms with Crippen LogP contribution in [0.25, 0.3) is 0 Å². The zero-order chi connectivity index (χ0) is 23.0. The van der Waals surface area contributed by atoms with Crippen LogP contribution in [0.4, 0.5) is 5.69 Å². The Balaban J connectivity index is 1.44. The molecular formula is C24H30BN3O3S. The van der Waals surface area contributed by atoms with Crippen molar-refractivity contribution in [1.82, 2.24) is 10.2 Å². The van der Waals surface area contributed by atoms with Gasteiger partial charge in [0, 0.05) is 37.3 Å². The first kappa shape index (κ1) is 22.6. The summed E-state index contributed by atoms with van der Waals surface area (Å²) in [5.41, 5.74) is 2.47. The van der Waals surface area contributed by atoms with Gasteiger partial charge in [-0.1, -0.05) is 19.9 Å². The molecule has 8 heteroatoms. The Hall–Kier alpha value is -2.61. The molecule has 2 aliphatic heterocycles. The van der Waals surface area contributed by atoms with E-state index in [1.165, 1.54) is 11.3 Å². The van der Waals surface area contributed by atoms with Crippen LogP contribution in [0.5, 0.6) is 0 Å². The van der Waals surface area contributed by atoms with E-state index in [9.17, 15) is 14.4 Å². The summed E-state index contributed by atoms with van der Waals surface area (Å²) in [5, 5.41) is 2.98. The molecule has 1 atom stereocenters. The number of aryl methyl sites for hydroxylation is 1. The third-order valence-electron chi connectivity index (χ3n) is 6.36. The van der Waals surface area contributed by atoms with Gasteiger partial charge in [0.1, 0.15) is 0 Å². The molecule has 0 saturated carbocycles. The highest BCUT2D eigenvalue weighted by Crippen LogP contribution is 2.30. The molecule has 3 amide bonds. The van der Waals surface area contributed by atoms with E-state index >= 15 is 0 Å². The second kappa shape index (κ2) is 8.73. The van der Waals surface area contributed by atoms with Crippen LogP contribution in [-0.2, 0) is 4.79 Å². The molecule has 4 rings (SSSR count). The normalized spacial score (nSPS) is 20.5. The fraction of sp³-hybridized carbons (Fsp3) is 0.458. The summed E-state index contributed by atoms with van der Waals surface area (Å²) in [6.07, 6.45) is 2.44. The van der Waals surface area contributed by atoms with Crippen molar-refractivity contribution in [3.63, 3.8) is 0 Å². The number of carbonyl (C=O) groups is 3. The van der Waals surface area contributed by atoms with Crippen LogP contribution >= 0.6 is 11.3 Å². The molecule has 6 nitrogen and oxygen atoms in total. The molecule has 1 unspecified atom stereocenters. The van der Waals surface area contributed by atoms with Gasteiger partial charge in [0.15, 0.2) is 7.85 Å². The highest BCUT2D eigenvalue weighted by atomic mass is 32.1. The van der Waals surface area contributed by atoms with Crippen LogP contribution in [0.1, 0.15) is 58.7 Å². The van der Waals surface area contributed by atoms with Gasteiger partial charge in [0.05, 0.1) is 10.9 Å². The lowest BCUT2D eigenvalue weighted by Gasteiger charge is -2.38.